The minimum Gasteiger partial charge on any atom is -0.305 e. The van der Waals surface area contributed by atoms with Crippen LogP contribution in [0.4, 0.5) is 0 Å². The van der Waals surface area contributed by atoms with Crippen molar-refractivity contribution in [3.8, 4) is 0 Å². The van der Waals surface area contributed by atoms with Gasteiger partial charge in [-0.25, -0.2) is 0 Å². The maximum atomic E-state index is 6.12. The Morgan fingerprint density at radius 3 is 1.77 bits per heavy atom. The molecule has 0 aliphatic heterocycles. The average Bonchev–Trinajstić information content (AvgIpc) is 2.82. The lowest BCUT2D eigenvalue weighted by Gasteiger charge is -2.29. The Hall–Kier alpha value is -2.52. The van der Waals surface area contributed by atoms with E-state index in [2.05, 4.69) is 108 Å². The van der Waals surface area contributed by atoms with Crippen molar-refractivity contribution in [3.05, 3.63) is 137 Å². The molecule has 150 valence electrons. The van der Waals surface area contributed by atoms with Crippen LogP contribution in [0.5, 0.6) is 0 Å². The highest BCUT2D eigenvalue weighted by molar-refractivity contribution is 7.99. The highest BCUT2D eigenvalue weighted by Gasteiger charge is 2.25. The van der Waals surface area contributed by atoms with Crippen LogP contribution in [-0.2, 0) is 6.54 Å². The lowest BCUT2D eigenvalue weighted by Crippen LogP contribution is -2.25. The molecule has 0 bridgehead atoms. The van der Waals surface area contributed by atoms with Gasteiger partial charge in [-0.05, 0) is 41.0 Å². The molecule has 0 aliphatic carbocycles. The van der Waals surface area contributed by atoms with Crippen molar-refractivity contribution in [1.29, 1.82) is 0 Å². The van der Waals surface area contributed by atoms with E-state index < -0.39 is 0 Å². The summed E-state index contributed by atoms with van der Waals surface area (Å²) in [6, 6.07) is 40.3. The Kier molecular flexibility index (Phi) is 7.25. The van der Waals surface area contributed by atoms with Gasteiger partial charge in [0.1, 0.15) is 0 Å². The molecule has 0 saturated heterocycles. The molecule has 4 aromatic carbocycles. The van der Waals surface area contributed by atoms with Crippen LogP contribution in [0.1, 0.15) is 28.0 Å². The maximum absolute atomic E-state index is 6.12. The molecule has 0 radical (unpaired) electrons. The standard InChI is InChI=1S/C27H24ClNS/c28-24-16-18-25(19-17-24)30-27(23-14-8-3-9-15-23)26(22-12-6-2-7-13-22)29-20-21-10-4-1-5-11-21/h1-19,26-27,29H,20H2/t26-,27-/m1/s1. The predicted molar refractivity (Wildman–Crippen MR) is 129 cm³/mol. The third-order valence-corrected chi connectivity index (χ3v) is 6.63. The minimum absolute atomic E-state index is 0.148. The number of rotatable bonds is 8. The molecule has 0 amide bonds. The van der Waals surface area contributed by atoms with Gasteiger partial charge in [-0.3, -0.25) is 0 Å². The summed E-state index contributed by atoms with van der Waals surface area (Å²) >= 11 is 7.99. The molecular weight excluding hydrogens is 406 g/mol. The highest BCUT2D eigenvalue weighted by Crippen LogP contribution is 2.44. The van der Waals surface area contributed by atoms with Crippen LogP contribution >= 0.6 is 23.4 Å². The molecule has 0 aliphatic rings. The second kappa shape index (κ2) is 10.5. The third kappa shape index (κ3) is 5.54. The monoisotopic (exact) mass is 429 g/mol. The Labute approximate surface area is 188 Å². The van der Waals surface area contributed by atoms with E-state index >= 15 is 0 Å². The zero-order valence-corrected chi connectivity index (χ0v) is 18.2. The molecule has 30 heavy (non-hydrogen) atoms. The van der Waals surface area contributed by atoms with E-state index in [1.165, 1.54) is 21.6 Å². The first-order valence-corrected chi connectivity index (χ1v) is 11.3. The SMILES string of the molecule is Clc1ccc(S[C@H](c2ccccc2)[C@H](NCc2ccccc2)c2ccccc2)cc1. The molecule has 3 heteroatoms. The maximum Gasteiger partial charge on any atom is 0.0539 e. The van der Waals surface area contributed by atoms with Gasteiger partial charge in [-0.2, -0.15) is 0 Å². The smallest absolute Gasteiger partial charge is 0.0539 e. The Morgan fingerprint density at radius 2 is 1.17 bits per heavy atom. The second-order valence-electron chi connectivity index (χ2n) is 7.16. The number of thioether (sulfide) groups is 1. The third-order valence-electron chi connectivity index (χ3n) is 5.04. The van der Waals surface area contributed by atoms with Crippen molar-refractivity contribution in [2.75, 3.05) is 0 Å². The summed E-state index contributed by atoms with van der Waals surface area (Å²) < 4.78 is 0. The van der Waals surface area contributed by atoms with Crippen LogP contribution < -0.4 is 5.32 Å². The molecule has 0 saturated carbocycles. The molecule has 2 atom stereocenters. The van der Waals surface area contributed by atoms with Crippen LogP contribution in [0.25, 0.3) is 0 Å². The van der Waals surface area contributed by atoms with Crippen LogP contribution in [-0.4, -0.2) is 0 Å². The van der Waals surface area contributed by atoms with Crippen molar-refractivity contribution in [2.24, 2.45) is 0 Å². The summed E-state index contributed by atoms with van der Waals surface area (Å²) in [5.41, 5.74) is 3.86. The summed E-state index contributed by atoms with van der Waals surface area (Å²) in [6.45, 7) is 0.810. The topological polar surface area (TPSA) is 12.0 Å². The van der Waals surface area contributed by atoms with Gasteiger partial charge >= 0.3 is 0 Å². The Bertz CT molecular complexity index is 1020. The van der Waals surface area contributed by atoms with E-state index in [0.717, 1.165) is 11.6 Å². The molecule has 0 heterocycles. The predicted octanol–water partition coefficient (Wildman–Crippen LogP) is 7.70. The van der Waals surface area contributed by atoms with E-state index in [9.17, 15) is 0 Å². The number of hydrogen-bond donors (Lipinski definition) is 1. The molecule has 0 unspecified atom stereocenters. The first kappa shape index (κ1) is 20.7. The van der Waals surface area contributed by atoms with Crippen LogP contribution in [0, 0.1) is 0 Å². The minimum atomic E-state index is 0.148. The lowest BCUT2D eigenvalue weighted by atomic mass is 9.98. The van der Waals surface area contributed by atoms with Gasteiger partial charge in [-0.1, -0.05) is 103 Å². The first-order valence-electron chi connectivity index (χ1n) is 10.1. The van der Waals surface area contributed by atoms with Crippen molar-refractivity contribution in [3.63, 3.8) is 0 Å². The second-order valence-corrected chi connectivity index (χ2v) is 8.81. The van der Waals surface area contributed by atoms with Crippen molar-refractivity contribution in [2.45, 2.75) is 22.7 Å². The zero-order chi connectivity index (χ0) is 20.6. The van der Waals surface area contributed by atoms with Gasteiger partial charge in [0.2, 0.25) is 0 Å². The molecule has 1 nitrogen and oxygen atoms in total. The largest absolute Gasteiger partial charge is 0.305 e. The van der Waals surface area contributed by atoms with E-state index in [1.54, 1.807) is 0 Å². The van der Waals surface area contributed by atoms with E-state index in [-0.39, 0.29) is 11.3 Å². The Balaban J connectivity index is 1.69. The van der Waals surface area contributed by atoms with Gasteiger partial charge in [0.25, 0.3) is 0 Å². The summed E-state index contributed by atoms with van der Waals surface area (Å²) in [7, 11) is 0. The van der Waals surface area contributed by atoms with Gasteiger partial charge < -0.3 is 5.32 Å². The van der Waals surface area contributed by atoms with E-state index in [4.69, 9.17) is 11.6 Å². The fourth-order valence-electron chi connectivity index (χ4n) is 3.51. The Morgan fingerprint density at radius 1 is 0.633 bits per heavy atom. The van der Waals surface area contributed by atoms with Crippen molar-refractivity contribution >= 4 is 23.4 Å². The fourth-order valence-corrected chi connectivity index (χ4v) is 4.91. The van der Waals surface area contributed by atoms with Gasteiger partial charge in [-0.15, -0.1) is 11.8 Å². The normalized spacial score (nSPS) is 13.0. The first-order chi connectivity index (χ1) is 14.8. The van der Waals surface area contributed by atoms with Crippen molar-refractivity contribution in [1.82, 2.24) is 5.32 Å². The molecular formula is C27H24ClNS. The van der Waals surface area contributed by atoms with E-state index in [0.29, 0.717) is 0 Å². The summed E-state index contributed by atoms with van der Waals surface area (Å²) in [5.74, 6) is 0. The molecule has 0 aromatic heterocycles. The van der Waals surface area contributed by atoms with E-state index in [1.807, 2.05) is 23.9 Å². The van der Waals surface area contributed by atoms with Crippen LogP contribution in [0.15, 0.2) is 120 Å². The van der Waals surface area contributed by atoms with Crippen LogP contribution in [0.3, 0.4) is 0 Å². The van der Waals surface area contributed by atoms with Crippen molar-refractivity contribution < 1.29 is 0 Å². The zero-order valence-electron chi connectivity index (χ0n) is 16.6. The number of nitrogens with one attached hydrogen (secondary N) is 1. The number of benzene rings is 4. The van der Waals surface area contributed by atoms with Gasteiger partial charge in [0.15, 0.2) is 0 Å². The molecule has 4 aromatic rings. The number of hydrogen-bond acceptors (Lipinski definition) is 2. The molecule has 1 N–H and O–H groups in total. The van der Waals surface area contributed by atoms with Gasteiger partial charge in [0, 0.05) is 22.5 Å². The average molecular weight is 430 g/mol. The molecule has 0 spiro atoms. The molecule has 0 fully saturated rings. The molecule has 4 rings (SSSR count). The summed E-state index contributed by atoms with van der Waals surface area (Å²) in [6.07, 6.45) is 0. The summed E-state index contributed by atoms with van der Waals surface area (Å²) in [5, 5.41) is 4.80. The highest BCUT2D eigenvalue weighted by atomic mass is 35.5. The quantitative estimate of drug-likeness (QED) is 0.288. The lowest BCUT2D eigenvalue weighted by molar-refractivity contribution is 0.522. The van der Waals surface area contributed by atoms with Gasteiger partial charge in [0.05, 0.1) is 5.25 Å². The van der Waals surface area contributed by atoms with Crippen LogP contribution in [0.2, 0.25) is 5.02 Å². The number of halogens is 1. The fraction of sp³-hybridized carbons (Fsp3) is 0.111. The summed E-state index contributed by atoms with van der Waals surface area (Å²) in [4.78, 5) is 1.20.